The molecule has 21 heavy (non-hydrogen) atoms. The molecule has 7 heteroatoms. The van der Waals surface area contributed by atoms with Crippen molar-refractivity contribution < 1.29 is 22.7 Å². The minimum Gasteiger partial charge on any atom is -0.497 e. The molecule has 0 saturated carbocycles. The summed E-state index contributed by atoms with van der Waals surface area (Å²) in [7, 11) is 1.51. The van der Waals surface area contributed by atoms with E-state index in [1.165, 1.54) is 12.0 Å². The molecule has 0 saturated heterocycles. The molecule has 0 heterocycles. The molecule has 0 unspecified atom stereocenters. The molecule has 1 aromatic carbocycles. The zero-order valence-electron chi connectivity index (χ0n) is 11.8. The number of methoxy groups -OCH3 is 1. The number of alkyl halides is 3. The summed E-state index contributed by atoms with van der Waals surface area (Å²) in [5.74, 6) is 0.0474. The Balaban J connectivity index is 2.80. The monoisotopic (exact) mass is 304 g/mol. The van der Waals surface area contributed by atoms with E-state index in [9.17, 15) is 18.0 Å². The third-order valence-electron chi connectivity index (χ3n) is 2.89. The van der Waals surface area contributed by atoms with Gasteiger partial charge >= 0.3 is 6.18 Å². The van der Waals surface area contributed by atoms with Crippen molar-refractivity contribution >= 4 is 11.6 Å². The molecule has 0 aromatic heterocycles. The Hall–Kier alpha value is -1.76. The van der Waals surface area contributed by atoms with Crippen molar-refractivity contribution in [2.75, 3.05) is 25.1 Å². The maximum Gasteiger partial charge on any atom is 0.389 e. The largest absolute Gasteiger partial charge is 0.497 e. The molecule has 2 N–H and O–H groups in total. The summed E-state index contributed by atoms with van der Waals surface area (Å²) in [6, 6.07) is 6.59. The first-order valence-corrected chi connectivity index (χ1v) is 6.58. The minimum atomic E-state index is -4.34. The quantitative estimate of drug-likeness (QED) is 0.842. The zero-order valence-corrected chi connectivity index (χ0v) is 11.8. The zero-order chi connectivity index (χ0) is 15.9. The maximum atomic E-state index is 12.2. The lowest BCUT2D eigenvalue weighted by Gasteiger charge is -2.23. The van der Waals surface area contributed by atoms with E-state index in [2.05, 4.69) is 0 Å². The predicted molar refractivity (Wildman–Crippen MR) is 74.3 cm³/mol. The van der Waals surface area contributed by atoms with E-state index in [1.807, 2.05) is 0 Å². The highest BCUT2D eigenvalue weighted by molar-refractivity contribution is 5.93. The minimum absolute atomic E-state index is 0.291. The van der Waals surface area contributed by atoms with Crippen LogP contribution in [-0.4, -0.2) is 32.3 Å². The summed E-state index contributed by atoms with van der Waals surface area (Å²) >= 11 is 0. The summed E-state index contributed by atoms with van der Waals surface area (Å²) in [5, 5.41) is 0. The van der Waals surface area contributed by atoms with E-state index in [1.54, 1.807) is 24.3 Å². The van der Waals surface area contributed by atoms with Crippen LogP contribution in [0.4, 0.5) is 18.9 Å². The number of nitrogens with two attached hydrogens (primary N) is 1. The Labute approximate surface area is 121 Å². The van der Waals surface area contributed by atoms with Crippen LogP contribution >= 0.6 is 0 Å². The molecule has 0 aliphatic carbocycles. The van der Waals surface area contributed by atoms with E-state index in [-0.39, 0.29) is 0 Å². The van der Waals surface area contributed by atoms with Crippen LogP contribution in [0, 0.1) is 0 Å². The number of halogens is 3. The molecular formula is C14H19F3N2O2. The van der Waals surface area contributed by atoms with Gasteiger partial charge in [0, 0.05) is 18.7 Å². The van der Waals surface area contributed by atoms with E-state index in [0.29, 0.717) is 30.9 Å². The Bertz CT molecular complexity index is 447. The average molecular weight is 304 g/mol. The number of amides is 1. The fourth-order valence-electron chi connectivity index (χ4n) is 1.79. The van der Waals surface area contributed by atoms with E-state index in [4.69, 9.17) is 10.5 Å². The fourth-order valence-corrected chi connectivity index (χ4v) is 1.79. The highest BCUT2D eigenvalue weighted by Gasteiger charge is 2.29. The fraction of sp³-hybridized carbons (Fsp3) is 0.500. The molecule has 0 aliphatic heterocycles. The van der Waals surface area contributed by atoms with Crippen molar-refractivity contribution in [3.05, 3.63) is 24.3 Å². The number of benzene rings is 1. The summed E-state index contributed by atoms with van der Waals surface area (Å²) < 4.78 is 41.7. The summed E-state index contributed by atoms with van der Waals surface area (Å²) in [6.07, 6.45) is -5.51. The van der Waals surface area contributed by atoms with Crippen molar-refractivity contribution in [2.24, 2.45) is 5.73 Å². The third-order valence-corrected chi connectivity index (χ3v) is 2.89. The average Bonchev–Trinajstić information content (AvgIpc) is 2.45. The lowest BCUT2D eigenvalue weighted by Crippen LogP contribution is -2.33. The second-order valence-electron chi connectivity index (χ2n) is 4.50. The first-order chi connectivity index (χ1) is 9.87. The molecule has 0 spiro atoms. The summed E-state index contributed by atoms with van der Waals surface area (Å²) in [6.45, 7) is 0.652. The highest BCUT2D eigenvalue weighted by atomic mass is 19.4. The van der Waals surface area contributed by atoms with E-state index in [0.717, 1.165) is 0 Å². The number of ether oxygens (including phenoxy) is 1. The summed E-state index contributed by atoms with van der Waals surface area (Å²) in [5.41, 5.74) is 5.94. The Kier molecular flexibility index (Phi) is 6.48. The van der Waals surface area contributed by atoms with Crippen LogP contribution in [0.5, 0.6) is 5.75 Å². The van der Waals surface area contributed by atoms with Gasteiger partial charge in [0.05, 0.1) is 13.5 Å². The Morgan fingerprint density at radius 3 is 2.38 bits per heavy atom. The number of nitrogens with zero attached hydrogens (tertiary/aromatic N) is 1. The highest BCUT2D eigenvalue weighted by Crippen LogP contribution is 2.24. The van der Waals surface area contributed by atoms with Crippen molar-refractivity contribution in [2.45, 2.75) is 25.4 Å². The van der Waals surface area contributed by atoms with Gasteiger partial charge in [0.15, 0.2) is 0 Å². The second kappa shape index (κ2) is 7.87. The third kappa shape index (κ3) is 6.03. The molecule has 0 bridgehead atoms. The smallest absolute Gasteiger partial charge is 0.389 e. The molecule has 0 aliphatic rings. The van der Waals surface area contributed by atoms with Crippen LogP contribution in [0.15, 0.2) is 24.3 Å². The standard InChI is InChI=1S/C14H19F3N2O2/c1-21-12-5-3-11(4-6-12)19(10-2-9-18)13(20)7-8-14(15,16)17/h3-6H,2,7-10,18H2,1H3. The summed E-state index contributed by atoms with van der Waals surface area (Å²) in [4.78, 5) is 13.3. The first-order valence-electron chi connectivity index (χ1n) is 6.58. The van der Waals surface area contributed by atoms with Crippen LogP contribution < -0.4 is 15.4 Å². The SMILES string of the molecule is COc1ccc(N(CCCN)C(=O)CCC(F)(F)F)cc1. The topological polar surface area (TPSA) is 55.6 Å². The van der Waals surface area contributed by atoms with Crippen LogP contribution in [-0.2, 0) is 4.79 Å². The molecule has 1 amide bonds. The van der Waals surface area contributed by atoms with Crippen molar-refractivity contribution in [3.8, 4) is 5.75 Å². The van der Waals surface area contributed by atoms with Crippen molar-refractivity contribution in [3.63, 3.8) is 0 Å². The van der Waals surface area contributed by atoms with Gasteiger partial charge in [-0.3, -0.25) is 4.79 Å². The van der Waals surface area contributed by atoms with Gasteiger partial charge < -0.3 is 15.4 Å². The van der Waals surface area contributed by atoms with Gasteiger partial charge in [0.25, 0.3) is 0 Å². The number of hydrogen-bond donors (Lipinski definition) is 1. The van der Waals surface area contributed by atoms with Gasteiger partial charge in [-0.25, -0.2) is 0 Å². The normalized spacial score (nSPS) is 11.3. The van der Waals surface area contributed by atoms with Gasteiger partial charge in [0.1, 0.15) is 5.75 Å². The number of anilines is 1. The van der Waals surface area contributed by atoms with Crippen LogP contribution in [0.1, 0.15) is 19.3 Å². The van der Waals surface area contributed by atoms with Crippen molar-refractivity contribution in [1.82, 2.24) is 0 Å². The molecule has 4 nitrogen and oxygen atoms in total. The Morgan fingerprint density at radius 1 is 1.29 bits per heavy atom. The molecule has 0 atom stereocenters. The van der Waals surface area contributed by atoms with Gasteiger partial charge in [-0.1, -0.05) is 0 Å². The molecular weight excluding hydrogens is 285 g/mol. The molecule has 0 fully saturated rings. The van der Waals surface area contributed by atoms with E-state index >= 15 is 0 Å². The van der Waals surface area contributed by atoms with Crippen molar-refractivity contribution in [1.29, 1.82) is 0 Å². The van der Waals surface area contributed by atoms with E-state index < -0.39 is 24.9 Å². The van der Waals surface area contributed by atoms with Gasteiger partial charge in [0.2, 0.25) is 5.91 Å². The predicted octanol–water partition coefficient (Wildman–Crippen LogP) is 2.72. The first kappa shape index (κ1) is 17.3. The molecule has 1 rings (SSSR count). The maximum absolute atomic E-state index is 12.2. The van der Waals surface area contributed by atoms with Gasteiger partial charge in [-0.05, 0) is 37.2 Å². The number of carbonyl (C=O) groups is 1. The van der Waals surface area contributed by atoms with Gasteiger partial charge in [-0.15, -0.1) is 0 Å². The molecule has 0 radical (unpaired) electrons. The molecule has 118 valence electrons. The number of hydrogen-bond acceptors (Lipinski definition) is 3. The molecule has 1 aromatic rings. The number of carbonyl (C=O) groups excluding carboxylic acids is 1. The van der Waals surface area contributed by atoms with Crippen LogP contribution in [0.2, 0.25) is 0 Å². The Morgan fingerprint density at radius 2 is 1.90 bits per heavy atom. The lowest BCUT2D eigenvalue weighted by molar-refractivity contribution is -0.143. The lowest BCUT2D eigenvalue weighted by atomic mass is 10.2. The van der Waals surface area contributed by atoms with Crippen LogP contribution in [0.3, 0.4) is 0 Å². The van der Waals surface area contributed by atoms with Gasteiger partial charge in [-0.2, -0.15) is 13.2 Å². The second-order valence-corrected chi connectivity index (χ2v) is 4.50. The number of rotatable bonds is 7. The van der Waals surface area contributed by atoms with Crippen LogP contribution in [0.25, 0.3) is 0 Å².